The summed E-state index contributed by atoms with van der Waals surface area (Å²) in [5.74, 6) is -6.24. The van der Waals surface area contributed by atoms with Gasteiger partial charge in [0, 0.05) is 23.3 Å². The number of fused-ring (bicyclic) bond motifs is 4. The lowest BCUT2D eigenvalue weighted by Crippen LogP contribution is -2.34. The molecular formula is C14H8N4O12S2. The number of amides is 2. The molecule has 168 valence electrons. The molecule has 1 aliphatic heterocycles. The third kappa shape index (κ3) is 3.63. The number of sulfonamides is 2. The van der Waals surface area contributed by atoms with Crippen molar-refractivity contribution in [1.82, 2.24) is 9.44 Å². The van der Waals surface area contributed by atoms with E-state index >= 15 is 0 Å². The second-order valence-electron chi connectivity index (χ2n) is 6.07. The van der Waals surface area contributed by atoms with E-state index in [0.717, 1.165) is 0 Å². The average molecular weight is 488 g/mol. The maximum absolute atomic E-state index is 12.6. The minimum absolute atomic E-state index is 0.353. The van der Waals surface area contributed by atoms with Gasteiger partial charge in [0.05, 0.1) is 9.85 Å². The van der Waals surface area contributed by atoms with Crippen LogP contribution in [0.4, 0.5) is 11.4 Å². The van der Waals surface area contributed by atoms with Gasteiger partial charge in [0.1, 0.15) is 9.79 Å². The van der Waals surface area contributed by atoms with Crippen LogP contribution in [0.2, 0.25) is 0 Å². The number of hydrogen-bond donors (Lipinski definition) is 4. The smallest absolute Gasteiger partial charge is 0.312 e. The largest absolute Gasteiger partial charge is 0.501 e. The van der Waals surface area contributed by atoms with Gasteiger partial charge in [0.2, 0.25) is 11.5 Å². The number of carbonyl (C=O) groups is 2. The Morgan fingerprint density at radius 2 is 1.00 bits per heavy atom. The van der Waals surface area contributed by atoms with Crippen molar-refractivity contribution in [1.29, 1.82) is 0 Å². The Labute approximate surface area is 176 Å². The molecule has 0 unspecified atom stereocenters. The summed E-state index contributed by atoms with van der Waals surface area (Å²) in [7, 11) is -10.3. The third-order valence-electron chi connectivity index (χ3n) is 4.06. The first-order chi connectivity index (χ1) is 14.7. The zero-order valence-corrected chi connectivity index (χ0v) is 16.6. The maximum atomic E-state index is 12.6. The molecule has 0 saturated heterocycles. The summed E-state index contributed by atoms with van der Waals surface area (Å²) in [6.07, 6.45) is 0. The van der Waals surface area contributed by atoms with E-state index in [0.29, 0.717) is 24.3 Å². The number of phenols is 2. The fourth-order valence-corrected chi connectivity index (χ4v) is 4.83. The van der Waals surface area contributed by atoms with Crippen LogP contribution in [0.1, 0.15) is 20.7 Å². The molecule has 4 N–H and O–H groups in total. The lowest BCUT2D eigenvalue weighted by atomic mass is 10.2. The Hall–Kier alpha value is -4.32. The third-order valence-corrected chi connectivity index (χ3v) is 6.75. The predicted molar refractivity (Wildman–Crippen MR) is 98.8 cm³/mol. The molecule has 2 aromatic carbocycles. The molecule has 0 atom stereocenters. The molecule has 0 spiro atoms. The number of nitro groups is 2. The van der Waals surface area contributed by atoms with E-state index in [4.69, 9.17) is 0 Å². The molecule has 32 heavy (non-hydrogen) atoms. The van der Waals surface area contributed by atoms with Crippen molar-refractivity contribution in [2.24, 2.45) is 0 Å². The zero-order chi connectivity index (χ0) is 24.2. The SMILES string of the molecule is O=C1NS(=O)(=O)c2cc(cc([N+](=O)[O-])c2O)C(=O)NS(=O)(=O)c2cc1cc([N+](=O)[O-])c2O. The van der Waals surface area contributed by atoms with Gasteiger partial charge in [0.15, 0.2) is 0 Å². The number of aromatic hydroxyl groups is 2. The average Bonchev–Trinajstić information content (AvgIpc) is 2.65. The first-order valence-corrected chi connectivity index (χ1v) is 10.8. The summed E-state index contributed by atoms with van der Waals surface area (Å²) < 4.78 is 52.9. The number of nitrogens with one attached hydrogen (secondary N) is 2. The fourth-order valence-electron chi connectivity index (χ4n) is 2.61. The van der Waals surface area contributed by atoms with Crippen LogP contribution in [-0.2, 0) is 20.0 Å². The standard InChI is InChI=1S/C14H8N4O12S2/c19-11-7(17(23)24)1-5-3-9(11)31(27,28)16-14(22)6-2-8(18(25)26)12(20)10(4-6)32(29,30)15-13(5)21/h1-4,19-20H,(H,15,21)(H,16,22). The van der Waals surface area contributed by atoms with Crippen molar-refractivity contribution in [3.8, 4) is 11.5 Å². The molecule has 4 bridgehead atoms. The molecule has 2 aromatic rings. The summed E-state index contributed by atoms with van der Waals surface area (Å²) in [6, 6.07) is 1.43. The molecule has 0 radical (unpaired) electrons. The van der Waals surface area contributed by atoms with Crippen molar-refractivity contribution >= 4 is 43.2 Å². The Balaban J connectivity index is 2.42. The lowest BCUT2D eigenvalue weighted by Gasteiger charge is -2.14. The first-order valence-electron chi connectivity index (χ1n) is 7.83. The molecule has 1 aliphatic rings. The van der Waals surface area contributed by atoms with Gasteiger partial charge in [-0.05, 0) is 12.1 Å². The van der Waals surface area contributed by atoms with E-state index in [1.54, 1.807) is 0 Å². The second-order valence-corrected chi connectivity index (χ2v) is 9.37. The van der Waals surface area contributed by atoms with Crippen molar-refractivity contribution in [2.45, 2.75) is 9.79 Å². The minimum atomic E-state index is -5.13. The molecule has 16 nitrogen and oxygen atoms in total. The predicted octanol–water partition coefficient (Wildman–Crippen LogP) is -0.535. The van der Waals surface area contributed by atoms with Crippen LogP contribution >= 0.6 is 0 Å². The van der Waals surface area contributed by atoms with E-state index in [1.165, 1.54) is 9.44 Å². The zero-order valence-electron chi connectivity index (χ0n) is 15.0. The number of phenolic OH excluding ortho intramolecular Hbond substituents is 2. The topological polar surface area (TPSA) is 253 Å². The summed E-state index contributed by atoms with van der Waals surface area (Å²) in [4.78, 5) is 41.9. The van der Waals surface area contributed by atoms with Crippen molar-refractivity contribution < 1.29 is 46.5 Å². The summed E-state index contributed by atoms with van der Waals surface area (Å²) in [6.45, 7) is 0. The minimum Gasteiger partial charge on any atom is -0.501 e. The highest BCUT2D eigenvalue weighted by Gasteiger charge is 2.35. The van der Waals surface area contributed by atoms with Gasteiger partial charge in [-0.3, -0.25) is 29.8 Å². The van der Waals surface area contributed by atoms with Crippen LogP contribution < -0.4 is 9.44 Å². The van der Waals surface area contributed by atoms with Gasteiger partial charge in [-0.25, -0.2) is 26.3 Å². The number of nitrogens with zero attached hydrogens (tertiary/aromatic N) is 2. The Kier molecular flexibility index (Phi) is 4.98. The van der Waals surface area contributed by atoms with Crippen LogP contribution in [0.5, 0.6) is 11.5 Å². The quantitative estimate of drug-likeness (QED) is 0.307. The van der Waals surface area contributed by atoms with E-state index in [1.807, 2.05) is 0 Å². The highest BCUT2D eigenvalue weighted by atomic mass is 32.2. The number of rotatable bonds is 2. The highest BCUT2D eigenvalue weighted by Crippen LogP contribution is 2.37. The number of carbonyl (C=O) groups excluding carboxylic acids is 2. The molecule has 0 fully saturated rings. The van der Waals surface area contributed by atoms with Gasteiger partial charge in [-0.1, -0.05) is 0 Å². The van der Waals surface area contributed by atoms with Crippen molar-refractivity contribution in [3.05, 3.63) is 55.6 Å². The monoisotopic (exact) mass is 488 g/mol. The molecule has 18 heteroatoms. The van der Waals surface area contributed by atoms with E-state index in [-0.39, 0.29) is 0 Å². The number of benzene rings is 2. The molecule has 0 aliphatic carbocycles. The summed E-state index contributed by atoms with van der Waals surface area (Å²) in [5.41, 5.74) is -4.51. The van der Waals surface area contributed by atoms with Gasteiger partial charge >= 0.3 is 11.4 Å². The first kappa shape index (κ1) is 22.4. The maximum Gasteiger partial charge on any atom is 0.312 e. The summed E-state index contributed by atoms with van der Waals surface area (Å²) in [5, 5.41) is 42.3. The van der Waals surface area contributed by atoms with Crippen LogP contribution in [0.25, 0.3) is 0 Å². The molecule has 0 saturated carbocycles. The highest BCUT2D eigenvalue weighted by molar-refractivity contribution is 7.90. The van der Waals surface area contributed by atoms with Gasteiger partial charge in [-0.15, -0.1) is 0 Å². The van der Waals surface area contributed by atoms with E-state index < -0.39 is 85.5 Å². The normalized spacial score (nSPS) is 16.6. The fraction of sp³-hybridized carbons (Fsp3) is 0. The molecule has 3 rings (SSSR count). The van der Waals surface area contributed by atoms with E-state index in [2.05, 4.69) is 0 Å². The number of hydrogen-bond acceptors (Lipinski definition) is 12. The van der Waals surface area contributed by atoms with Crippen LogP contribution in [0.15, 0.2) is 34.1 Å². The molecule has 1 heterocycles. The molecule has 0 aromatic heterocycles. The van der Waals surface area contributed by atoms with Gasteiger partial charge in [-0.2, -0.15) is 0 Å². The van der Waals surface area contributed by atoms with Gasteiger partial charge < -0.3 is 10.2 Å². The van der Waals surface area contributed by atoms with Crippen LogP contribution in [0.3, 0.4) is 0 Å². The Morgan fingerprint density at radius 1 is 0.688 bits per heavy atom. The van der Waals surface area contributed by atoms with Crippen LogP contribution in [-0.4, -0.2) is 48.7 Å². The molecular weight excluding hydrogens is 480 g/mol. The van der Waals surface area contributed by atoms with Crippen LogP contribution in [0, 0.1) is 20.2 Å². The van der Waals surface area contributed by atoms with E-state index in [9.17, 15) is 56.9 Å². The van der Waals surface area contributed by atoms with Crippen molar-refractivity contribution in [2.75, 3.05) is 0 Å². The van der Waals surface area contributed by atoms with Gasteiger partial charge in [0.25, 0.3) is 31.9 Å². The Morgan fingerprint density at radius 3 is 1.28 bits per heavy atom. The summed E-state index contributed by atoms with van der Waals surface area (Å²) >= 11 is 0. The Bertz CT molecular complexity index is 1350. The second kappa shape index (κ2) is 7.13. The lowest BCUT2D eigenvalue weighted by molar-refractivity contribution is -0.386. The van der Waals surface area contributed by atoms with Crippen molar-refractivity contribution in [3.63, 3.8) is 0 Å². The molecule has 2 amide bonds. The number of nitro benzene ring substituents is 2.